The first-order valence-corrected chi connectivity index (χ1v) is 7.98. The minimum Gasteiger partial charge on any atom is -0.480 e. The Kier molecular flexibility index (Phi) is 6.01. The molecular weight excluding hydrogens is 310 g/mol. The Bertz CT molecular complexity index is 630. The van der Waals surface area contributed by atoms with Crippen molar-refractivity contribution in [2.75, 3.05) is 13.6 Å². The van der Waals surface area contributed by atoms with Crippen molar-refractivity contribution in [2.45, 2.75) is 24.8 Å². The number of hydrogen-bond donors (Lipinski definition) is 2. The smallest absolute Gasteiger partial charge is 0.326 e. The number of nitrogens with one attached hydrogen (secondary N) is 1. The number of nitrogens with zero attached hydrogens (tertiary/aromatic N) is 2. The zero-order valence-electron chi connectivity index (χ0n) is 12.6. The van der Waals surface area contributed by atoms with Crippen LogP contribution >= 0.6 is 0 Å². The van der Waals surface area contributed by atoms with Gasteiger partial charge in [-0.05, 0) is 18.1 Å². The molecule has 0 aliphatic carbocycles. The standard InChI is InChI=1S/C13H19N3O5S/c1-9(2)12(13(18)19)15-11(17)8-16(3)22(20,21)10-5-4-6-14-7-10/h4-7,9,12H,8H2,1-3H3,(H,15,17)(H,18,19)/t12-/m1/s1. The molecular formula is C13H19N3O5S. The summed E-state index contributed by atoms with van der Waals surface area (Å²) in [6.45, 7) is 2.82. The Morgan fingerprint density at radius 1 is 1.41 bits per heavy atom. The van der Waals surface area contributed by atoms with Crippen LogP contribution in [0.25, 0.3) is 0 Å². The fourth-order valence-corrected chi connectivity index (χ4v) is 2.79. The predicted octanol–water partition coefficient (Wildman–Crippen LogP) is -0.0725. The van der Waals surface area contributed by atoms with E-state index in [-0.39, 0.29) is 10.8 Å². The van der Waals surface area contributed by atoms with Crippen molar-refractivity contribution in [1.82, 2.24) is 14.6 Å². The summed E-state index contributed by atoms with van der Waals surface area (Å²) in [6.07, 6.45) is 2.61. The van der Waals surface area contributed by atoms with Gasteiger partial charge in [-0.2, -0.15) is 4.31 Å². The lowest BCUT2D eigenvalue weighted by Crippen LogP contribution is -2.48. The van der Waals surface area contributed by atoms with Crippen molar-refractivity contribution < 1.29 is 23.1 Å². The van der Waals surface area contributed by atoms with Gasteiger partial charge in [-0.1, -0.05) is 13.8 Å². The van der Waals surface area contributed by atoms with Gasteiger partial charge in [0.2, 0.25) is 15.9 Å². The number of carbonyl (C=O) groups is 2. The van der Waals surface area contributed by atoms with E-state index < -0.39 is 34.5 Å². The van der Waals surface area contributed by atoms with E-state index in [4.69, 9.17) is 5.11 Å². The molecule has 0 radical (unpaired) electrons. The average Bonchev–Trinajstić information content (AvgIpc) is 2.44. The fourth-order valence-electron chi connectivity index (χ4n) is 1.70. The number of carboxylic acid groups (broad SMARTS) is 1. The monoisotopic (exact) mass is 329 g/mol. The number of amides is 1. The molecule has 1 heterocycles. The van der Waals surface area contributed by atoms with E-state index >= 15 is 0 Å². The summed E-state index contributed by atoms with van der Waals surface area (Å²) in [4.78, 5) is 26.6. The second kappa shape index (κ2) is 7.32. The van der Waals surface area contributed by atoms with Crippen LogP contribution in [0.2, 0.25) is 0 Å². The predicted molar refractivity (Wildman–Crippen MR) is 78.5 cm³/mol. The van der Waals surface area contributed by atoms with Crippen LogP contribution in [0.5, 0.6) is 0 Å². The number of sulfonamides is 1. The molecule has 122 valence electrons. The summed E-state index contributed by atoms with van der Waals surface area (Å²) in [5, 5.41) is 11.3. The molecule has 0 aliphatic rings. The average molecular weight is 329 g/mol. The lowest BCUT2D eigenvalue weighted by Gasteiger charge is -2.21. The van der Waals surface area contributed by atoms with E-state index in [1.807, 2.05) is 0 Å². The van der Waals surface area contributed by atoms with Crippen LogP contribution < -0.4 is 5.32 Å². The fraction of sp³-hybridized carbons (Fsp3) is 0.462. The van der Waals surface area contributed by atoms with Gasteiger partial charge in [0.1, 0.15) is 10.9 Å². The lowest BCUT2D eigenvalue weighted by molar-refractivity contribution is -0.143. The maximum Gasteiger partial charge on any atom is 0.326 e. The Hall–Kier alpha value is -2.00. The molecule has 0 aromatic carbocycles. The Balaban J connectivity index is 2.78. The van der Waals surface area contributed by atoms with E-state index in [2.05, 4.69) is 10.3 Å². The number of carboxylic acids is 1. The van der Waals surface area contributed by atoms with Crippen molar-refractivity contribution in [3.8, 4) is 0 Å². The van der Waals surface area contributed by atoms with Crippen molar-refractivity contribution in [2.24, 2.45) is 5.92 Å². The molecule has 0 saturated carbocycles. The molecule has 9 heteroatoms. The lowest BCUT2D eigenvalue weighted by atomic mass is 10.1. The highest BCUT2D eigenvalue weighted by Gasteiger charge is 2.27. The maximum absolute atomic E-state index is 12.2. The Labute approximate surface area is 129 Å². The number of hydrogen-bond acceptors (Lipinski definition) is 5. The summed E-state index contributed by atoms with van der Waals surface area (Å²) in [7, 11) is -2.60. The highest BCUT2D eigenvalue weighted by molar-refractivity contribution is 7.89. The topological polar surface area (TPSA) is 117 Å². The number of likely N-dealkylation sites (N-methyl/N-ethyl adjacent to an activating group) is 1. The van der Waals surface area contributed by atoms with E-state index in [9.17, 15) is 18.0 Å². The summed E-state index contributed by atoms with van der Waals surface area (Å²) in [5.74, 6) is -2.17. The molecule has 1 amide bonds. The van der Waals surface area contributed by atoms with Gasteiger partial charge in [0.15, 0.2) is 0 Å². The largest absolute Gasteiger partial charge is 0.480 e. The van der Waals surface area contributed by atoms with Crippen LogP contribution in [0.1, 0.15) is 13.8 Å². The SMILES string of the molecule is CC(C)[C@@H](NC(=O)CN(C)S(=O)(=O)c1cccnc1)C(=O)O. The van der Waals surface area contributed by atoms with Gasteiger partial charge in [-0.3, -0.25) is 9.78 Å². The van der Waals surface area contributed by atoms with Crippen molar-refractivity contribution in [3.63, 3.8) is 0 Å². The van der Waals surface area contributed by atoms with E-state index in [0.29, 0.717) is 0 Å². The molecule has 0 spiro atoms. The van der Waals surface area contributed by atoms with Gasteiger partial charge in [0.25, 0.3) is 0 Å². The molecule has 22 heavy (non-hydrogen) atoms. The molecule has 0 bridgehead atoms. The van der Waals surface area contributed by atoms with Crippen LogP contribution in [0, 0.1) is 5.92 Å². The number of pyridine rings is 1. The van der Waals surface area contributed by atoms with Gasteiger partial charge < -0.3 is 10.4 Å². The van der Waals surface area contributed by atoms with Crippen LogP contribution in [0.15, 0.2) is 29.4 Å². The minimum absolute atomic E-state index is 0.0380. The number of aliphatic carboxylic acids is 1. The normalized spacial score (nSPS) is 13.1. The maximum atomic E-state index is 12.2. The van der Waals surface area contributed by atoms with E-state index in [1.54, 1.807) is 13.8 Å². The molecule has 2 N–H and O–H groups in total. The van der Waals surface area contributed by atoms with Gasteiger partial charge in [0.05, 0.1) is 6.54 Å². The van der Waals surface area contributed by atoms with Crippen molar-refractivity contribution in [3.05, 3.63) is 24.5 Å². The van der Waals surface area contributed by atoms with E-state index in [1.165, 1.54) is 31.6 Å². The first-order chi connectivity index (χ1) is 10.2. The van der Waals surface area contributed by atoms with Crippen LogP contribution in [0.3, 0.4) is 0 Å². The van der Waals surface area contributed by atoms with Crippen LogP contribution in [0.4, 0.5) is 0 Å². The molecule has 1 rings (SSSR count). The first kappa shape index (κ1) is 18.1. The molecule has 1 aromatic rings. The second-order valence-corrected chi connectivity index (χ2v) is 7.12. The minimum atomic E-state index is -3.85. The number of aromatic nitrogens is 1. The summed E-state index contributed by atoms with van der Waals surface area (Å²) < 4.78 is 25.3. The van der Waals surface area contributed by atoms with E-state index in [0.717, 1.165) is 4.31 Å². The summed E-state index contributed by atoms with van der Waals surface area (Å²) in [6, 6.07) is 1.77. The summed E-state index contributed by atoms with van der Waals surface area (Å²) in [5.41, 5.74) is 0. The zero-order valence-corrected chi connectivity index (χ0v) is 13.4. The highest BCUT2D eigenvalue weighted by atomic mass is 32.2. The molecule has 0 unspecified atom stereocenters. The van der Waals surface area contributed by atoms with Crippen LogP contribution in [-0.2, 0) is 19.6 Å². The van der Waals surface area contributed by atoms with Gasteiger partial charge in [-0.15, -0.1) is 0 Å². The number of carbonyl (C=O) groups excluding carboxylic acids is 1. The molecule has 0 aliphatic heterocycles. The third kappa shape index (κ3) is 4.50. The zero-order chi connectivity index (χ0) is 16.9. The van der Waals surface area contributed by atoms with Crippen LogP contribution in [-0.4, -0.2) is 54.3 Å². The Morgan fingerprint density at radius 2 is 2.05 bits per heavy atom. The van der Waals surface area contributed by atoms with Gasteiger partial charge in [-0.25, -0.2) is 13.2 Å². The van der Waals surface area contributed by atoms with Crippen molar-refractivity contribution >= 4 is 21.9 Å². The molecule has 1 atom stereocenters. The first-order valence-electron chi connectivity index (χ1n) is 6.54. The molecule has 0 saturated heterocycles. The van der Waals surface area contributed by atoms with Gasteiger partial charge in [0, 0.05) is 19.4 Å². The van der Waals surface area contributed by atoms with Crippen molar-refractivity contribution in [1.29, 1.82) is 0 Å². The molecule has 8 nitrogen and oxygen atoms in total. The quantitative estimate of drug-likeness (QED) is 0.723. The third-order valence-electron chi connectivity index (χ3n) is 2.96. The molecule has 1 aromatic heterocycles. The highest BCUT2D eigenvalue weighted by Crippen LogP contribution is 2.12. The molecule has 0 fully saturated rings. The Morgan fingerprint density at radius 3 is 2.50 bits per heavy atom. The summed E-state index contributed by atoms with van der Waals surface area (Å²) >= 11 is 0. The second-order valence-electron chi connectivity index (χ2n) is 5.08. The third-order valence-corrected chi connectivity index (χ3v) is 4.75. The van der Waals surface area contributed by atoms with Gasteiger partial charge >= 0.3 is 5.97 Å². The number of rotatable bonds is 7.